The van der Waals surface area contributed by atoms with Gasteiger partial charge < -0.3 is 5.32 Å². The first-order valence-electron chi connectivity index (χ1n) is 5.68. The second-order valence-electron chi connectivity index (χ2n) is 4.17. The molecule has 1 N–H and O–H groups in total. The molecule has 0 saturated carbocycles. The number of aryl methyl sites for hydroxylation is 2. The summed E-state index contributed by atoms with van der Waals surface area (Å²) in [6.45, 7) is 3.71. The van der Waals surface area contributed by atoms with Crippen LogP contribution in [0, 0.1) is 19.7 Å². The number of pyridine rings is 1. The molecule has 1 amide bonds. The lowest BCUT2D eigenvalue weighted by Gasteiger charge is -2.08. The van der Waals surface area contributed by atoms with Gasteiger partial charge in [-0.15, -0.1) is 0 Å². The minimum Gasteiger partial charge on any atom is -0.320 e. The first-order chi connectivity index (χ1) is 8.97. The second kappa shape index (κ2) is 5.48. The molecule has 0 radical (unpaired) electrons. The number of nitrogens with zero attached hydrogens (tertiary/aromatic N) is 1. The number of carbonyl (C=O) groups is 1. The molecule has 0 saturated heterocycles. The Bertz CT molecular complexity index is 643. The summed E-state index contributed by atoms with van der Waals surface area (Å²) in [7, 11) is 0. The lowest BCUT2D eigenvalue weighted by atomic mass is 10.2. The predicted molar refractivity (Wildman–Crippen MR) is 75.8 cm³/mol. The van der Waals surface area contributed by atoms with Crippen LogP contribution in [-0.2, 0) is 0 Å². The van der Waals surface area contributed by atoms with Crippen LogP contribution in [-0.4, -0.2) is 10.9 Å². The average Bonchev–Trinajstić information content (AvgIpc) is 2.36. The monoisotopic (exact) mass is 322 g/mol. The number of amides is 1. The Hall–Kier alpha value is -1.75. The van der Waals surface area contributed by atoms with Crippen LogP contribution >= 0.6 is 15.9 Å². The number of benzene rings is 1. The van der Waals surface area contributed by atoms with Crippen LogP contribution in [0.5, 0.6) is 0 Å². The minimum absolute atomic E-state index is 0.263. The van der Waals surface area contributed by atoms with Crippen LogP contribution in [0.3, 0.4) is 0 Å². The van der Waals surface area contributed by atoms with Crippen molar-refractivity contribution in [2.45, 2.75) is 13.8 Å². The maximum absolute atomic E-state index is 13.1. The number of rotatable bonds is 2. The zero-order chi connectivity index (χ0) is 14.0. The van der Waals surface area contributed by atoms with Crippen LogP contribution in [0.15, 0.2) is 34.8 Å². The van der Waals surface area contributed by atoms with Gasteiger partial charge in [-0.05, 0) is 60.1 Å². The molecular formula is C14H12BrFN2O. The molecule has 0 unspecified atom stereocenters. The van der Waals surface area contributed by atoms with E-state index in [1.165, 1.54) is 18.2 Å². The Labute approximate surface area is 119 Å². The van der Waals surface area contributed by atoms with E-state index in [1.807, 2.05) is 19.9 Å². The predicted octanol–water partition coefficient (Wildman–Crippen LogP) is 3.85. The molecular weight excluding hydrogens is 311 g/mol. The minimum atomic E-state index is -0.398. The number of nitrogens with one attached hydrogen (secondary N) is 1. The molecule has 98 valence electrons. The molecule has 0 spiro atoms. The van der Waals surface area contributed by atoms with E-state index >= 15 is 0 Å². The Morgan fingerprint density at radius 1 is 1.26 bits per heavy atom. The Balaban J connectivity index is 2.23. The second-order valence-corrected chi connectivity index (χ2v) is 5.02. The zero-order valence-corrected chi connectivity index (χ0v) is 12.1. The molecule has 0 atom stereocenters. The molecule has 0 aliphatic heterocycles. The van der Waals surface area contributed by atoms with Gasteiger partial charge in [0.05, 0.1) is 15.9 Å². The molecule has 2 aromatic rings. The van der Waals surface area contributed by atoms with E-state index in [2.05, 4.69) is 26.2 Å². The van der Waals surface area contributed by atoms with E-state index in [1.54, 1.807) is 6.07 Å². The Morgan fingerprint density at radius 3 is 2.63 bits per heavy atom. The molecule has 5 heteroatoms. The molecule has 0 bridgehead atoms. The largest absolute Gasteiger partial charge is 0.320 e. The summed E-state index contributed by atoms with van der Waals surface area (Å²) in [6, 6.07) is 7.75. The van der Waals surface area contributed by atoms with Gasteiger partial charge in [-0.25, -0.2) is 4.39 Å². The van der Waals surface area contributed by atoms with Crippen LogP contribution in [0.2, 0.25) is 0 Å². The van der Waals surface area contributed by atoms with Gasteiger partial charge in [-0.1, -0.05) is 0 Å². The Morgan fingerprint density at radius 2 is 2.00 bits per heavy atom. The molecule has 2 rings (SSSR count). The summed E-state index contributed by atoms with van der Waals surface area (Å²) >= 11 is 3.06. The number of aromatic nitrogens is 1. The van der Waals surface area contributed by atoms with E-state index in [9.17, 15) is 9.18 Å². The van der Waals surface area contributed by atoms with Gasteiger partial charge in [0.25, 0.3) is 5.91 Å². The standard InChI is InChI=1S/C14H12BrFN2O/c1-8-3-6-13(9(2)17-8)18-14(19)10-4-5-12(16)11(15)7-10/h3-7H,1-2H3,(H,18,19). The first-order valence-corrected chi connectivity index (χ1v) is 6.47. The third-order valence-corrected chi connectivity index (χ3v) is 3.26. The van der Waals surface area contributed by atoms with Crippen molar-refractivity contribution < 1.29 is 9.18 Å². The lowest BCUT2D eigenvalue weighted by Crippen LogP contribution is -2.13. The van der Waals surface area contributed by atoms with Gasteiger partial charge in [0.1, 0.15) is 5.82 Å². The molecule has 3 nitrogen and oxygen atoms in total. The normalized spacial score (nSPS) is 10.3. The highest BCUT2D eigenvalue weighted by Crippen LogP contribution is 2.19. The highest BCUT2D eigenvalue weighted by Gasteiger charge is 2.10. The van der Waals surface area contributed by atoms with Crippen LogP contribution in [0.1, 0.15) is 21.7 Å². The van der Waals surface area contributed by atoms with E-state index < -0.39 is 5.82 Å². The van der Waals surface area contributed by atoms with Gasteiger partial charge in [-0.3, -0.25) is 9.78 Å². The lowest BCUT2D eigenvalue weighted by molar-refractivity contribution is 0.102. The molecule has 1 aromatic heterocycles. The third kappa shape index (κ3) is 3.17. The van der Waals surface area contributed by atoms with Gasteiger partial charge in [0.15, 0.2) is 0 Å². The van der Waals surface area contributed by atoms with Gasteiger partial charge in [0.2, 0.25) is 0 Å². The van der Waals surface area contributed by atoms with E-state index in [4.69, 9.17) is 0 Å². The fourth-order valence-corrected chi connectivity index (χ4v) is 2.03. The third-order valence-electron chi connectivity index (χ3n) is 2.66. The molecule has 19 heavy (non-hydrogen) atoms. The smallest absolute Gasteiger partial charge is 0.255 e. The highest BCUT2D eigenvalue weighted by atomic mass is 79.9. The van der Waals surface area contributed by atoms with Crippen LogP contribution < -0.4 is 5.32 Å². The topological polar surface area (TPSA) is 42.0 Å². The van der Waals surface area contributed by atoms with Gasteiger partial charge in [0, 0.05) is 11.3 Å². The zero-order valence-electron chi connectivity index (χ0n) is 10.5. The molecule has 0 aliphatic rings. The van der Waals surface area contributed by atoms with Crippen LogP contribution in [0.4, 0.5) is 10.1 Å². The number of hydrogen-bond donors (Lipinski definition) is 1. The van der Waals surface area contributed by atoms with Crippen molar-refractivity contribution in [1.82, 2.24) is 4.98 Å². The summed E-state index contributed by atoms with van der Waals surface area (Å²) in [6.07, 6.45) is 0. The SMILES string of the molecule is Cc1ccc(NC(=O)c2ccc(F)c(Br)c2)c(C)n1. The summed E-state index contributed by atoms with van der Waals surface area (Å²) in [4.78, 5) is 16.3. The van der Waals surface area contributed by atoms with Crippen molar-refractivity contribution >= 4 is 27.5 Å². The summed E-state index contributed by atoms with van der Waals surface area (Å²) in [5.41, 5.74) is 2.67. The van der Waals surface area contributed by atoms with Crippen molar-refractivity contribution in [3.63, 3.8) is 0 Å². The fourth-order valence-electron chi connectivity index (χ4n) is 1.65. The van der Waals surface area contributed by atoms with Crippen LogP contribution in [0.25, 0.3) is 0 Å². The van der Waals surface area contributed by atoms with Gasteiger partial charge in [-0.2, -0.15) is 0 Å². The van der Waals surface area contributed by atoms with Crippen molar-refractivity contribution in [2.75, 3.05) is 5.32 Å². The number of carbonyl (C=O) groups excluding carboxylic acids is 1. The number of halogens is 2. The quantitative estimate of drug-likeness (QED) is 0.912. The fraction of sp³-hybridized carbons (Fsp3) is 0.143. The van der Waals surface area contributed by atoms with E-state index in [0.29, 0.717) is 11.3 Å². The molecule has 1 aromatic carbocycles. The van der Waals surface area contributed by atoms with E-state index in [-0.39, 0.29) is 10.4 Å². The number of anilines is 1. The van der Waals surface area contributed by atoms with Crippen molar-refractivity contribution in [1.29, 1.82) is 0 Å². The number of hydrogen-bond acceptors (Lipinski definition) is 2. The maximum Gasteiger partial charge on any atom is 0.255 e. The average molecular weight is 323 g/mol. The molecule has 0 aliphatic carbocycles. The highest BCUT2D eigenvalue weighted by molar-refractivity contribution is 9.10. The van der Waals surface area contributed by atoms with Gasteiger partial charge >= 0.3 is 0 Å². The maximum atomic E-state index is 13.1. The first kappa shape index (κ1) is 13.7. The summed E-state index contributed by atoms with van der Waals surface area (Å²) < 4.78 is 13.4. The summed E-state index contributed by atoms with van der Waals surface area (Å²) in [5.74, 6) is -0.695. The van der Waals surface area contributed by atoms with Crippen molar-refractivity contribution in [3.8, 4) is 0 Å². The summed E-state index contributed by atoms with van der Waals surface area (Å²) in [5, 5.41) is 2.76. The Kier molecular flexibility index (Phi) is 3.95. The molecule has 0 fully saturated rings. The molecule has 1 heterocycles. The van der Waals surface area contributed by atoms with Crippen molar-refractivity contribution in [3.05, 3.63) is 57.6 Å². The van der Waals surface area contributed by atoms with Crippen molar-refractivity contribution in [2.24, 2.45) is 0 Å². The van der Waals surface area contributed by atoms with E-state index in [0.717, 1.165) is 11.4 Å².